The Bertz CT molecular complexity index is 976. The summed E-state index contributed by atoms with van der Waals surface area (Å²) in [6.07, 6.45) is 3.48. The van der Waals surface area contributed by atoms with Gasteiger partial charge in [0.05, 0.1) is 13.2 Å². The van der Waals surface area contributed by atoms with Crippen LogP contribution in [0.3, 0.4) is 0 Å². The average Bonchev–Trinajstić information content (AvgIpc) is 3.42. The lowest BCUT2D eigenvalue weighted by Crippen LogP contribution is -2.17. The van der Waals surface area contributed by atoms with Gasteiger partial charge in [0.1, 0.15) is 11.3 Å². The number of halogens is 3. The fourth-order valence-electron chi connectivity index (χ4n) is 3.56. The molecule has 1 aliphatic heterocycles. The maximum Gasteiger partial charge on any atom is 0.295 e. The van der Waals surface area contributed by atoms with Crippen molar-refractivity contribution in [3.8, 4) is 11.5 Å². The van der Waals surface area contributed by atoms with Crippen LogP contribution in [-0.4, -0.2) is 37.8 Å². The smallest absolute Gasteiger partial charge is 0.295 e. The molecule has 2 aromatic carbocycles. The van der Waals surface area contributed by atoms with Crippen LogP contribution in [0.2, 0.25) is 0 Å². The van der Waals surface area contributed by atoms with E-state index >= 15 is 0 Å². The van der Waals surface area contributed by atoms with Crippen molar-refractivity contribution < 1.29 is 22.7 Å². The Balaban J connectivity index is 0.00000289. The van der Waals surface area contributed by atoms with Gasteiger partial charge in [0.25, 0.3) is 6.01 Å². The van der Waals surface area contributed by atoms with Crippen LogP contribution in [-0.2, 0) is 0 Å². The van der Waals surface area contributed by atoms with Gasteiger partial charge in [0.2, 0.25) is 0 Å². The molecule has 0 unspecified atom stereocenters. The van der Waals surface area contributed by atoms with Crippen molar-refractivity contribution in [3.63, 3.8) is 0 Å². The van der Waals surface area contributed by atoms with Crippen LogP contribution < -0.4 is 20.1 Å². The first-order valence-corrected chi connectivity index (χ1v) is 10.7. The molecule has 1 aromatic heterocycles. The van der Waals surface area contributed by atoms with Gasteiger partial charge in [-0.05, 0) is 69.0 Å². The monoisotopic (exact) mass is 467 g/mol. The van der Waals surface area contributed by atoms with Crippen molar-refractivity contribution in [3.05, 3.63) is 48.0 Å². The average molecular weight is 468 g/mol. The first-order valence-electron chi connectivity index (χ1n) is 10.7. The molecule has 32 heavy (non-hydrogen) atoms. The van der Waals surface area contributed by atoms with Crippen LogP contribution in [0.25, 0.3) is 11.1 Å². The molecule has 4 rings (SSSR count). The SMILES string of the molecule is Cl.Fc1cccc(F)c1OCCCCCOc1ccc2nc(NC[C@H]3CCNC3)oc2c1. The Hall–Kier alpha value is -2.58. The highest BCUT2D eigenvalue weighted by Crippen LogP contribution is 2.25. The fraction of sp³-hybridized carbons (Fsp3) is 0.435. The number of anilines is 1. The number of nitrogens with zero attached hydrogens (tertiary/aromatic N) is 1. The third-order valence-corrected chi connectivity index (χ3v) is 5.29. The van der Waals surface area contributed by atoms with Gasteiger partial charge in [0.15, 0.2) is 23.0 Å². The Kier molecular flexibility index (Phi) is 8.93. The standard InChI is InChI=1S/C23H27F2N3O3.ClH/c24-18-5-4-6-19(25)22(18)30-12-3-1-2-11-29-17-7-8-20-21(13-17)31-23(28-20)27-15-16-9-10-26-14-16;/h4-8,13,16,26H,1-3,9-12,14-15H2,(H,27,28);1H/t16-;/m0./s1. The second kappa shape index (κ2) is 11.9. The van der Waals surface area contributed by atoms with E-state index < -0.39 is 11.6 Å². The summed E-state index contributed by atoms with van der Waals surface area (Å²) in [6.45, 7) is 3.73. The van der Waals surface area contributed by atoms with E-state index in [2.05, 4.69) is 15.6 Å². The highest BCUT2D eigenvalue weighted by molar-refractivity contribution is 5.85. The molecular weight excluding hydrogens is 440 g/mol. The lowest BCUT2D eigenvalue weighted by molar-refractivity contribution is 0.263. The maximum absolute atomic E-state index is 13.5. The third kappa shape index (κ3) is 6.46. The summed E-state index contributed by atoms with van der Waals surface area (Å²) in [5, 5.41) is 6.61. The van der Waals surface area contributed by atoms with Crippen LogP contribution >= 0.6 is 12.4 Å². The van der Waals surface area contributed by atoms with Crippen molar-refractivity contribution in [1.29, 1.82) is 0 Å². The van der Waals surface area contributed by atoms with Gasteiger partial charge >= 0.3 is 0 Å². The van der Waals surface area contributed by atoms with Crippen molar-refractivity contribution in [2.45, 2.75) is 25.7 Å². The summed E-state index contributed by atoms with van der Waals surface area (Å²) in [4.78, 5) is 4.46. The fourth-order valence-corrected chi connectivity index (χ4v) is 3.56. The number of para-hydroxylation sites is 1. The molecule has 1 aliphatic rings. The molecule has 1 atom stereocenters. The minimum atomic E-state index is -0.681. The number of nitrogens with one attached hydrogen (secondary N) is 2. The van der Waals surface area contributed by atoms with Crippen molar-refractivity contribution in [2.75, 3.05) is 38.2 Å². The molecule has 0 spiro atoms. The highest BCUT2D eigenvalue weighted by atomic mass is 35.5. The quantitative estimate of drug-likeness (QED) is 0.379. The zero-order chi connectivity index (χ0) is 21.5. The number of ether oxygens (including phenoxy) is 2. The number of unbranched alkanes of at least 4 members (excludes halogenated alkanes) is 2. The largest absolute Gasteiger partial charge is 0.493 e. The van der Waals surface area contributed by atoms with E-state index in [0.29, 0.717) is 30.5 Å². The Morgan fingerprint density at radius 3 is 2.59 bits per heavy atom. The molecule has 0 amide bonds. The molecular formula is C23H28ClF2N3O3. The minimum absolute atomic E-state index is 0. The molecule has 0 aliphatic carbocycles. The number of hydrogen-bond acceptors (Lipinski definition) is 6. The van der Waals surface area contributed by atoms with Gasteiger partial charge in [-0.15, -0.1) is 12.4 Å². The van der Waals surface area contributed by atoms with E-state index in [4.69, 9.17) is 13.9 Å². The van der Waals surface area contributed by atoms with Gasteiger partial charge in [-0.1, -0.05) is 6.07 Å². The molecule has 1 saturated heterocycles. The van der Waals surface area contributed by atoms with Crippen LogP contribution in [0, 0.1) is 17.6 Å². The van der Waals surface area contributed by atoms with E-state index in [1.165, 1.54) is 18.2 Å². The first-order chi connectivity index (χ1) is 15.2. The summed E-state index contributed by atoms with van der Waals surface area (Å²) < 4.78 is 43.8. The minimum Gasteiger partial charge on any atom is -0.493 e. The number of fused-ring (bicyclic) bond motifs is 1. The second-order valence-corrected chi connectivity index (χ2v) is 7.70. The van der Waals surface area contributed by atoms with Gasteiger partial charge in [-0.3, -0.25) is 0 Å². The summed E-state index contributed by atoms with van der Waals surface area (Å²) in [5.74, 6) is -0.349. The van der Waals surface area contributed by atoms with Crippen molar-refractivity contribution >= 4 is 29.5 Å². The molecule has 1 fully saturated rings. The summed E-state index contributed by atoms with van der Waals surface area (Å²) in [6, 6.07) is 9.82. The number of hydrogen-bond donors (Lipinski definition) is 2. The normalized spacial score (nSPS) is 15.5. The first kappa shape index (κ1) is 24.1. The molecule has 3 aromatic rings. The maximum atomic E-state index is 13.5. The zero-order valence-corrected chi connectivity index (χ0v) is 18.6. The topological polar surface area (TPSA) is 68.6 Å². The van der Waals surface area contributed by atoms with Crippen LogP contribution in [0.15, 0.2) is 40.8 Å². The van der Waals surface area contributed by atoms with Crippen LogP contribution in [0.4, 0.5) is 14.8 Å². The molecule has 2 N–H and O–H groups in total. The van der Waals surface area contributed by atoms with Crippen LogP contribution in [0.1, 0.15) is 25.7 Å². The second-order valence-electron chi connectivity index (χ2n) is 7.70. The van der Waals surface area contributed by atoms with Gasteiger partial charge in [-0.25, -0.2) is 8.78 Å². The van der Waals surface area contributed by atoms with Crippen molar-refractivity contribution in [2.24, 2.45) is 5.92 Å². The van der Waals surface area contributed by atoms with Gasteiger partial charge in [0, 0.05) is 12.6 Å². The molecule has 2 heterocycles. The highest BCUT2D eigenvalue weighted by Gasteiger charge is 2.15. The predicted molar refractivity (Wildman–Crippen MR) is 122 cm³/mol. The van der Waals surface area contributed by atoms with Gasteiger partial charge in [-0.2, -0.15) is 4.98 Å². The van der Waals surface area contributed by atoms with E-state index in [1.54, 1.807) is 0 Å². The molecule has 6 nitrogen and oxygen atoms in total. The predicted octanol–water partition coefficient (Wildman–Crippen LogP) is 5.18. The lowest BCUT2D eigenvalue weighted by Gasteiger charge is -2.08. The Morgan fingerprint density at radius 2 is 1.84 bits per heavy atom. The number of aromatic nitrogens is 1. The van der Waals surface area contributed by atoms with E-state index in [0.717, 1.165) is 50.2 Å². The van der Waals surface area contributed by atoms with Gasteiger partial charge < -0.3 is 24.5 Å². The van der Waals surface area contributed by atoms with E-state index in [-0.39, 0.29) is 24.8 Å². The molecule has 9 heteroatoms. The molecule has 0 radical (unpaired) electrons. The van der Waals surface area contributed by atoms with Crippen molar-refractivity contribution in [1.82, 2.24) is 10.3 Å². The number of oxazole rings is 1. The third-order valence-electron chi connectivity index (χ3n) is 5.29. The molecule has 0 saturated carbocycles. The zero-order valence-electron chi connectivity index (χ0n) is 17.7. The summed E-state index contributed by atoms with van der Waals surface area (Å²) in [7, 11) is 0. The van der Waals surface area contributed by atoms with Crippen LogP contribution in [0.5, 0.6) is 11.5 Å². The van der Waals surface area contributed by atoms with E-state index in [9.17, 15) is 8.78 Å². The summed E-state index contributed by atoms with van der Waals surface area (Å²) >= 11 is 0. The van der Waals surface area contributed by atoms with E-state index in [1.807, 2.05) is 18.2 Å². The lowest BCUT2D eigenvalue weighted by atomic mass is 10.1. The summed E-state index contributed by atoms with van der Waals surface area (Å²) in [5.41, 5.74) is 1.47. The molecule has 174 valence electrons. The Labute approximate surface area is 192 Å². The molecule has 0 bridgehead atoms. The Morgan fingerprint density at radius 1 is 1.06 bits per heavy atom. The number of benzene rings is 2. The number of rotatable bonds is 11.